The lowest BCUT2D eigenvalue weighted by atomic mass is 10.1. The predicted octanol–water partition coefficient (Wildman–Crippen LogP) is 3.86. The van der Waals surface area contributed by atoms with Crippen LogP contribution in [0.1, 0.15) is 16.1 Å². The standard InChI is InChI=1S/C19H19N3O/c1-13-7-12-16-17(20-13)5-4-6-18(16)21-19(23)14-8-10-15(11-9-14)22(2)3/h4-12H,1-3H3,(H,21,23). The van der Waals surface area contributed by atoms with Crippen molar-refractivity contribution in [2.75, 3.05) is 24.3 Å². The van der Waals surface area contributed by atoms with E-state index in [1.807, 2.05) is 80.5 Å². The number of nitrogens with one attached hydrogen (secondary N) is 1. The van der Waals surface area contributed by atoms with Gasteiger partial charge < -0.3 is 10.2 Å². The fourth-order valence-corrected chi connectivity index (χ4v) is 2.47. The molecule has 23 heavy (non-hydrogen) atoms. The van der Waals surface area contributed by atoms with Gasteiger partial charge in [-0.2, -0.15) is 0 Å². The van der Waals surface area contributed by atoms with Gasteiger partial charge in [0.2, 0.25) is 0 Å². The number of pyridine rings is 1. The molecule has 0 atom stereocenters. The topological polar surface area (TPSA) is 45.2 Å². The molecule has 4 nitrogen and oxygen atoms in total. The molecule has 0 saturated carbocycles. The van der Waals surface area contributed by atoms with Gasteiger partial charge in [-0.3, -0.25) is 9.78 Å². The number of anilines is 2. The van der Waals surface area contributed by atoms with Crippen LogP contribution in [-0.4, -0.2) is 25.0 Å². The molecular weight excluding hydrogens is 286 g/mol. The van der Waals surface area contributed by atoms with Crippen molar-refractivity contribution in [3.05, 3.63) is 65.9 Å². The second kappa shape index (κ2) is 6.08. The van der Waals surface area contributed by atoms with Crippen molar-refractivity contribution in [2.45, 2.75) is 6.92 Å². The van der Waals surface area contributed by atoms with Crippen LogP contribution in [0.2, 0.25) is 0 Å². The molecule has 1 aromatic heterocycles. The maximum Gasteiger partial charge on any atom is 0.255 e. The first kappa shape index (κ1) is 15.0. The average Bonchev–Trinajstić information content (AvgIpc) is 2.54. The summed E-state index contributed by atoms with van der Waals surface area (Å²) in [5, 5.41) is 3.92. The zero-order valence-electron chi connectivity index (χ0n) is 13.5. The van der Waals surface area contributed by atoms with Crippen molar-refractivity contribution >= 4 is 28.2 Å². The predicted molar refractivity (Wildman–Crippen MR) is 95.2 cm³/mol. The highest BCUT2D eigenvalue weighted by Gasteiger charge is 2.09. The van der Waals surface area contributed by atoms with Crippen molar-refractivity contribution in [3.63, 3.8) is 0 Å². The van der Waals surface area contributed by atoms with Gasteiger partial charge in [0.05, 0.1) is 11.2 Å². The summed E-state index contributed by atoms with van der Waals surface area (Å²) in [4.78, 5) is 19.0. The molecule has 1 heterocycles. The number of carbonyl (C=O) groups excluding carboxylic acids is 1. The number of benzene rings is 2. The van der Waals surface area contributed by atoms with E-state index in [-0.39, 0.29) is 5.91 Å². The summed E-state index contributed by atoms with van der Waals surface area (Å²) in [6.07, 6.45) is 0. The van der Waals surface area contributed by atoms with E-state index in [1.165, 1.54) is 0 Å². The van der Waals surface area contributed by atoms with Gasteiger partial charge in [0.1, 0.15) is 0 Å². The Morgan fingerprint density at radius 3 is 2.43 bits per heavy atom. The molecule has 3 rings (SSSR count). The lowest BCUT2D eigenvalue weighted by Crippen LogP contribution is -2.13. The summed E-state index contributed by atoms with van der Waals surface area (Å²) in [5.74, 6) is -0.122. The molecule has 0 fully saturated rings. The van der Waals surface area contributed by atoms with Crippen molar-refractivity contribution in [1.29, 1.82) is 0 Å². The Morgan fingerprint density at radius 1 is 1.00 bits per heavy atom. The van der Waals surface area contributed by atoms with Gasteiger partial charge in [-0.05, 0) is 55.5 Å². The van der Waals surface area contributed by atoms with E-state index in [9.17, 15) is 4.79 Å². The number of rotatable bonds is 3. The van der Waals surface area contributed by atoms with Crippen molar-refractivity contribution < 1.29 is 4.79 Å². The highest BCUT2D eigenvalue weighted by Crippen LogP contribution is 2.23. The second-order valence-electron chi connectivity index (χ2n) is 5.72. The van der Waals surface area contributed by atoms with E-state index in [0.29, 0.717) is 5.56 Å². The zero-order valence-corrected chi connectivity index (χ0v) is 13.5. The summed E-state index contributed by atoms with van der Waals surface area (Å²) in [6, 6.07) is 17.2. The van der Waals surface area contributed by atoms with Crippen LogP contribution in [0.25, 0.3) is 10.9 Å². The maximum atomic E-state index is 12.5. The summed E-state index contributed by atoms with van der Waals surface area (Å²) in [6.45, 7) is 1.96. The molecule has 4 heteroatoms. The fraction of sp³-hybridized carbons (Fsp3) is 0.158. The molecule has 2 aromatic carbocycles. The number of aryl methyl sites for hydroxylation is 1. The van der Waals surface area contributed by atoms with Crippen molar-refractivity contribution in [2.24, 2.45) is 0 Å². The molecule has 116 valence electrons. The molecule has 0 bridgehead atoms. The van der Waals surface area contributed by atoms with Gasteiger partial charge in [0.25, 0.3) is 5.91 Å². The Kier molecular flexibility index (Phi) is 3.98. The number of carbonyl (C=O) groups is 1. The number of nitrogens with zero attached hydrogens (tertiary/aromatic N) is 2. The molecule has 0 spiro atoms. The minimum atomic E-state index is -0.122. The minimum absolute atomic E-state index is 0.122. The van der Waals surface area contributed by atoms with Gasteiger partial charge in [-0.25, -0.2) is 0 Å². The van der Waals surface area contributed by atoms with Gasteiger partial charge >= 0.3 is 0 Å². The number of hydrogen-bond acceptors (Lipinski definition) is 3. The maximum absolute atomic E-state index is 12.5. The molecule has 0 aliphatic heterocycles. The quantitative estimate of drug-likeness (QED) is 0.799. The Labute approximate surface area is 135 Å². The molecule has 0 aliphatic rings. The Bertz CT molecular complexity index is 854. The number of amides is 1. The van der Waals surface area contributed by atoms with Gasteiger partial charge in [-0.1, -0.05) is 6.07 Å². The molecule has 1 amide bonds. The van der Waals surface area contributed by atoms with Crippen molar-refractivity contribution in [3.8, 4) is 0 Å². The third-order valence-electron chi connectivity index (χ3n) is 3.77. The first-order valence-electron chi connectivity index (χ1n) is 7.50. The normalized spacial score (nSPS) is 10.6. The van der Waals surface area contributed by atoms with Crippen molar-refractivity contribution in [1.82, 2.24) is 4.98 Å². The van der Waals surface area contributed by atoms with Gasteiger partial charge in [0, 0.05) is 36.4 Å². The van der Waals surface area contributed by atoms with Crippen LogP contribution >= 0.6 is 0 Å². The number of aromatic nitrogens is 1. The van der Waals surface area contributed by atoms with E-state index >= 15 is 0 Å². The van der Waals surface area contributed by atoms with Crippen LogP contribution in [0.15, 0.2) is 54.6 Å². The van der Waals surface area contributed by atoms with Crippen LogP contribution in [0.3, 0.4) is 0 Å². The summed E-state index contributed by atoms with van der Waals surface area (Å²) in [5.41, 5.74) is 4.31. The largest absolute Gasteiger partial charge is 0.378 e. The van der Waals surface area contributed by atoms with Crippen LogP contribution in [0.4, 0.5) is 11.4 Å². The summed E-state index contributed by atoms with van der Waals surface area (Å²) < 4.78 is 0. The lowest BCUT2D eigenvalue weighted by molar-refractivity contribution is 0.102. The van der Waals surface area contributed by atoms with E-state index in [1.54, 1.807) is 0 Å². The van der Waals surface area contributed by atoms with Crippen LogP contribution in [0.5, 0.6) is 0 Å². The van der Waals surface area contributed by atoms with Crippen LogP contribution in [0, 0.1) is 6.92 Å². The van der Waals surface area contributed by atoms with Crippen LogP contribution in [-0.2, 0) is 0 Å². The molecule has 0 unspecified atom stereocenters. The van der Waals surface area contributed by atoms with Gasteiger partial charge in [0.15, 0.2) is 0 Å². The Morgan fingerprint density at radius 2 is 1.74 bits per heavy atom. The van der Waals surface area contributed by atoms with Crippen LogP contribution < -0.4 is 10.2 Å². The third-order valence-corrected chi connectivity index (χ3v) is 3.77. The van der Waals surface area contributed by atoms with E-state index < -0.39 is 0 Å². The number of hydrogen-bond donors (Lipinski definition) is 1. The smallest absolute Gasteiger partial charge is 0.255 e. The zero-order chi connectivity index (χ0) is 16.4. The monoisotopic (exact) mass is 305 g/mol. The first-order valence-corrected chi connectivity index (χ1v) is 7.50. The molecule has 3 aromatic rings. The highest BCUT2D eigenvalue weighted by molar-refractivity contribution is 6.08. The highest BCUT2D eigenvalue weighted by atomic mass is 16.1. The molecule has 0 radical (unpaired) electrons. The molecular formula is C19H19N3O. The Balaban J connectivity index is 1.88. The fourth-order valence-electron chi connectivity index (χ4n) is 2.47. The third kappa shape index (κ3) is 3.16. The molecule has 1 N–H and O–H groups in total. The van der Waals surface area contributed by atoms with E-state index in [0.717, 1.165) is 28.0 Å². The van der Waals surface area contributed by atoms with E-state index in [4.69, 9.17) is 0 Å². The SMILES string of the molecule is Cc1ccc2c(NC(=O)c3ccc(N(C)C)cc3)cccc2n1. The first-order chi connectivity index (χ1) is 11.0. The minimum Gasteiger partial charge on any atom is -0.378 e. The van der Waals surface area contributed by atoms with E-state index in [2.05, 4.69) is 10.3 Å². The van der Waals surface area contributed by atoms with Gasteiger partial charge in [-0.15, -0.1) is 0 Å². The number of fused-ring (bicyclic) bond motifs is 1. The molecule has 0 saturated heterocycles. The summed E-state index contributed by atoms with van der Waals surface area (Å²) >= 11 is 0. The second-order valence-corrected chi connectivity index (χ2v) is 5.72. The average molecular weight is 305 g/mol. The molecule has 0 aliphatic carbocycles. The summed E-state index contributed by atoms with van der Waals surface area (Å²) in [7, 11) is 3.94. The lowest BCUT2D eigenvalue weighted by Gasteiger charge is -2.13. The Hall–Kier alpha value is -2.88.